The molecule has 0 amide bonds. The van der Waals surface area contributed by atoms with Crippen molar-refractivity contribution in [2.45, 2.75) is 38.6 Å². The molecule has 0 spiro atoms. The molecule has 5 nitrogen and oxygen atoms in total. The van der Waals surface area contributed by atoms with E-state index in [1.54, 1.807) is 12.3 Å². The Hall–Kier alpha value is -1.78. The van der Waals surface area contributed by atoms with Crippen LogP contribution in [-0.2, 0) is 0 Å². The molecule has 1 heterocycles. The highest BCUT2D eigenvalue weighted by Gasteiger charge is 2.25. The Kier molecular flexibility index (Phi) is 4.24. The summed E-state index contributed by atoms with van der Waals surface area (Å²) in [6.45, 7) is 2.30. The summed E-state index contributed by atoms with van der Waals surface area (Å²) in [5.41, 5.74) is 6.32. The van der Waals surface area contributed by atoms with Gasteiger partial charge in [-0.1, -0.05) is 24.9 Å². The summed E-state index contributed by atoms with van der Waals surface area (Å²) in [6, 6.07) is 4.14. The maximum atomic E-state index is 8.74. The lowest BCUT2D eigenvalue weighted by Crippen LogP contribution is -2.39. The molecular weight excluding hydrogens is 240 g/mol. The van der Waals surface area contributed by atoms with E-state index in [0.717, 1.165) is 5.82 Å². The van der Waals surface area contributed by atoms with Crippen molar-refractivity contribution in [3.05, 3.63) is 23.9 Å². The highest BCUT2D eigenvalue weighted by Crippen LogP contribution is 2.29. The number of nitrogens with two attached hydrogens (primary N) is 1. The number of amidine groups is 1. The van der Waals surface area contributed by atoms with Crippen LogP contribution in [0.25, 0.3) is 0 Å². The highest BCUT2D eigenvalue weighted by atomic mass is 16.4. The van der Waals surface area contributed by atoms with Gasteiger partial charge >= 0.3 is 0 Å². The molecular formula is C14H22N4O. The Balaban J connectivity index is 2.21. The van der Waals surface area contributed by atoms with Crippen molar-refractivity contribution < 1.29 is 5.21 Å². The van der Waals surface area contributed by atoms with Crippen LogP contribution in [0.4, 0.5) is 5.82 Å². The van der Waals surface area contributed by atoms with Gasteiger partial charge in [-0.3, -0.25) is 0 Å². The molecule has 5 heteroatoms. The molecule has 0 aliphatic heterocycles. The normalized spacial score (nSPS) is 24.2. The summed E-state index contributed by atoms with van der Waals surface area (Å²) in [5.74, 6) is 1.67. The molecule has 2 unspecified atom stereocenters. The zero-order valence-corrected chi connectivity index (χ0v) is 11.6. The van der Waals surface area contributed by atoms with Crippen molar-refractivity contribution >= 4 is 11.7 Å². The molecule has 1 aromatic rings. The first-order valence-corrected chi connectivity index (χ1v) is 6.80. The van der Waals surface area contributed by atoms with E-state index in [1.807, 2.05) is 6.07 Å². The lowest BCUT2D eigenvalue weighted by Gasteiger charge is -2.37. The van der Waals surface area contributed by atoms with Crippen LogP contribution in [0, 0.1) is 5.92 Å². The zero-order valence-electron chi connectivity index (χ0n) is 11.6. The topological polar surface area (TPSA) is 74.7 Å². The third kappa shape index (κ3) is 2.97. The number of hydrogen-bond acceptors (Lipinski definition) is 4. The molecule has 0 bridgehead atoms. The second kappa shape index (κ2) is 5.91. The first-order valence-electron chi connectivity index (χ1n) is 6.80. The van der Waals surface area contributed by atoms with Crippen LogP contribution in [0.3, 0.4) is 0 Å². The van der Waals surface area contributed by atoms with Gasteiger partial charge in [-0.25, -0.2) is 4.98 Å². The van der Waals surface area contributed by atoms with Gasteiger partial charge in [-0.2, -0.15) is 0 Å². The number of anilines is 1. The van der Waals surface area contributed by atoms with E-state index in [1.165, 1.54) is 25.7 Å². The Labute approximate surface area is 114 Å². The summed E-state index contributed by atoms with van der Waals surface area (Å²) in [7, 11) is 2.07. The van der Waals surface area contributed by atoms with E-state index in [4.69, 9.17) is 10.9 Å². The van der Waals surface area contributed by atoms with Gasteiger partial charge < -0.3 is 15.8 Å². The predicted octanol–water partition coefficient (Wildman–Crippen LogP) is 2.19. The first kappa shape index (κ1) is 13.6. The van der Waals surface area contributed by atoms with Crippen LogP contribution in [0.5, 0.6) is 0 Å². The molecule has 1 saturated carbocycles. The Bertz CT molecular complexity index is 461. The number of pyridine rings is 1. The molecule has 0 radical (unpaired) electrons. The Morgan fingerprint density at radius 1 is 1.47 bits per heavy atom. The van der Waals surface area contributed by atoms with Gasteiger partial charge in [0.25, 0.3) is 0 Å². The highest BCUT2D eigenvalue weighted by molar-refractivity contribution is 5.97. The van der Waals surface area contributed by atoms with Crippen molar-refractivity contribution in [2.24, 2.45) is 16.8 Å². The third-order valence-corrected chi connectivity index (χ3v) is 4.07. The van der Waals surface area contributed by atoms with E-state index in [0.29, 0.717) is 17.5 Å². The quantitative estimate of drug-likeness (QED) is 0.379. The number of oxime groups is 1. The van der Waals surface area contributed by atoms with E-state index in [9.17, 15) is 0 Å². The molecule has 2 rings (SSSR count). The van der Waals surface area contributed by atoms with Crippen LogP contribution in [-0.4, -0.2) is 29.1 Å². The summed E-state index contributed by atoms with van der Waals surface area (Å²) in [5, 5.41) is 11.8. The van der Waals surface area contributed by atoms with E-state index in [-0.39, 0.29) is 5.84 Å². The van der Waals surface area contributed by atoms with Gasteiger partial charge in [-0.05, 0) is 30.9 Å². The molecule has 1 fully saturated rings. The summed E-state index contributed by atoms with van der Waals surface area (Å²) < 4.78 is 0. The minimum absolute atomic E-state index is 0.119. The molecule has 3 N–H and O–H groups in total. The van der Waals surface area contributed by atoms with Crippen molar-refractivity contribution in [1.29, 1.82) is 0 Å². The molecule has 2 atom stereocenters. The lowest BCUT2D eigenvalue weighted by atomic mass is 9.85. The predicted molar refractivity (Wildman–Crippen MR) is 76.6 cm³/mol. The molecule has 1 aromatic heterocycles. The van der Waals surface area contributed by atoms with Crippen LogP contribution in [0.15, 0.2) is 23.5 Å². The van der Waals surface area contributed by atoms with Gasteiger partial charge in [0.05, 0.1) is 0 Å². The van der Waals surface area contributed by atoms with E-state index in [2.05, 4.69) is 29.0 Å². The van der Waals surface area contributed by atoms with Crippen molar-refractivity contribution in [3.8, 4) is 0 Å². The molecule has 1 aliphatic carbocycles. The van der Waals surface area contributed by atoms with E-state index >= 15 is 0 Å². The Morgan fingerprint density at radius 2 is 2.21 bits per heavy atom. The average Bonchev–Trinajstić information content (AvgIpc) is 2.46. The molecule has 0 aromatic carbocycles. The smallest absolute Gasteiger partial charge is 0.170 e. The van der Waals surface area contributed by atoms with Crippen molar-refractivity contribution in [3.63, 3.8) is 0 Å². The average molecular weight is 262 g/mol. The molecule has 0 saturated heterocycles. The minimum atomic E-state index is 0.119. The number of aromatic nitrogens is 1. The first-order chi connectivity index (χ1) is 9.13. The monoisotopic (exact) mass is 262 g/mol. The molecule has 1 aliphatic rings. The molecule has 19 heavy (non-hydrogen) atoms. The van der Waals surface area contributed by atoms with Crippen LogP contribution < -0.4 is 10.6 Å². The zero-order chi connectivity index (χ0) is 13.8. The number of rotatable bonds is 3. The summed E-state index contributed by atoms with van der Waals surface area (Å²) in [4.78, 5) is 6.62. The van der Waals surface area contributed by atoms with Crippen LogP contribution in [0.2, 0.25) is 0 Å². The fourth-order valence-corrected chi connectivity index (χ4v) is 2.87. The SMILES string of the molecule is CC1CCCCC1N(C)c1cc(C(N)=NO)ccn1. The summed E-state index contributed by atoms with van der Waals surface area (Å²) >= 11 is 0. The van der Waals surface area contributed by atoms with Crippen LogP contribution >= 0.6 is 0 Å². The standard InChI is InChI=1S/C14H22N4O/c1-10-5-3-4-6-12(10)18(2)13-9-11(7-8-16-13)14(15)17-19/h7-10,12,19H,3-6H2,1-2H3,(H2,15,17). The number of nitrogens with zero attached hydrogens (tertiary/aromatic N) is 3. The molecule has 104 valence electrons. The van der Waals surface area contributed by atoms with Gasteiger partial charge in [0.15, 0.2) is 5.84 Å². The van der Waals surface area contributed by atoms with Gasteiger partial charge in [-0.15, -0.1) is 0 Å². The second-order valence-corrected chi connectivity index (χ2v) is 5.33. The minimum Gasteiger partial charge on any atom is -0.409 e. The Morgan fingerprint density at radius 3 is 2.89 bits per heavy atom. The van der Waals surface area contributed by atoms with Crippen molar-refractivity contribution in [2.75, 3.05) is 11.9 Å². The van der Waals surface area contributed by atoms with Crippen molar-refractivity contribution in [1.82, 2.24) is 4.98 Å². The largest absolute Gasteiger partial charge is 0.409 e. The van der Waals surface area contributed by atoms with E-state index < -0.39 is 0 Å². The maximum absolute atomic E-state index is 8.74. The van der Waals surface area contributed by atoms with Gasteiger partial charge in [0.1, 0.15) is 5.82 Å². The lowest BCUT2D eigenvalue weighted by molar-refractivity contribution is 0.318. The van der Waals surface area contributed by atoms with Gasteiger partial charge in [0.2, 0.25) is 0 Å². The number of hydrogen-bond donors (Lipinski definition) is 2. The fourth-order valence-electron chi connectivity index (χ4n) is 2.87. The maximum Gasteiger partial charge on any atom is 0.170 e. The summed E-state index contributed by atoms with van der Waals surface area (Å²) in [6.07, 6.45) is 6.77. The third-order valence-electron chi connectivity index (χ3n) is 4.07. The fraction of sp³-hybridized carbons (Fsp3) is 0.571. The van der Waals surface area contributed by atoms with Crippen LogP contribution in [0.1, 0.15) is 38.2 Å². The van der Waals surface area contributed by atoms with Gasteiger partial charge in [0, 0.05) is 24.8 Å². The second-order valence-electron chi connectivity index (χ2n) is 5.33.